The van der Waals surface area contributed by atoms with Crippen LogP contribution in [0, 0.1) is 18.3 Å². The van der Waals surface area contributed by atoms with E-state index in [2.05, 4.69) is 48.3 Å². The number of hydrogen-bond acceptors (Lipinski definition) is 3. The van der Waals surface area contributed by atoms with E-state index in [0.717, 1.165) is 12.1 Å². The summed E-state index contributed by atoms with van der Waals surface area (Å²) in [6.45, 7) is 4.20. The van der Waals surface area contributed by atoms with Crippen LogP contribution in [0.3, 0.4) is 0 Å². The molecule has 0 saturated carbocycles. The van der Waals surface area contributed by atoms with Gasteiger partial charge in [-0.05, 0) is 31.0 Å². The van der Waals surface area contributed by atoms with Gasteiger partial charge in [-0.3, -0.25) is 0 Å². The van der Waals surface area contributed by atoms with E-state index >= 15 is 0 Å². The lowest BCUT2D eigenvalue weighted by molar-refractivity contribution is 0.711. The van der Waals surface area contributed by atoms with Crippen molar-refractivity contribution in [3.8, 4) is 6.07 Å². The topological polar surface area (TPSA) is 39.1 Å². The van der Waals surface area contributed by atoms with Crippen molar-refractivity contribution in [3.05, 3.63) is 23.8 Å². The lowest BCUT2D eigenvalue weighted by Crippen LogP contribution is -2.18. The minimum absolute atomic E-state index is 0.234. The van der Waals surface area contributed by atoms with Gasteiger partial charge in [-0.2, -0.15) is 5.26 Å². The van der Waals surface area contributed by atoms with Crippen molar-refractivity contribution in [1.82, 2.24) is 0 Å². The molecule has 0 saturated heterocycles. The van der Waals surface area contributed by atoms with Crippen LogP contribution in [0.5, 0.6) is 0 Å². The third kappa shape index (κ3) is 3.67. The summed E-state index contributed by atoms with van der Waals surface area (Å²) in [7, 11) is 4.08. The Hall–Kier alpha value is -1.69. The number of nitrogens with one attached hydrogen (secondary N) is 1. The van der Waals surface area contributed by atoms with E-state index in [-0.39, 0.29) is 6.04 Å². The first-order valence-corrected chi connectivity index (χ1v) is 6.00. The number of benzene rings is 1. The maximum atomic E-state index is 8.73. The zero-order valence-corrected chi connectivity index (χ0v) is 11.1. The molecule has 0 aromatic heterocycles. The van der Waals surface area contributed by atoms with Gasteiger partial charge in [0.05, 0.1) is 12.5 Å². The van der Waals surface area contributed by atoms with Crippen LogP contribution >= 0.6 is 0 Å². The SMILES string of the molecule is CCC(CC#N)Nc1ccc(C)c(N(C)C)c1. The van der Waals surface area contributed by atoms with E-state index in [9.17, 15) is 0 Å². The summed E-state index contributed by atoms with van der Waals surface area (Å²) in [5.74, 6) is 0. The van der Waals surface area contributed by atoms with Gasteiger partial charge in [-0.1, -0.05) is 13.0 Å². The Labute approximate surface area is 104 Å². The molecule has 0 aliphatic heterocycles. The lowest BCUT2D eigenvalue weighted by Gasteiger charge is -2.20. The highest BCUT2D eigenvalue weighted by molar-refractivity contribution is 5.62. The van der Waals surface area contributed by atoms with Crippen LogP contribution in [0.1, 0.15) is 25.3 Å². The van der Waals surface area contributed by atoms with Crippen molar-refractivity contribution in [3.63, 3.8) is 0 Å². The lowest BCUT2D eigenvalue weighted by atomic mass is 10.1. The number of anilines is 2. The van der Waals surface area contributed by atoms with Gasteiger partial charge in [0.15, 0.2) is 0 Å². The monoisotopic (exact) mass is 231 g/mol. The van der Waals surface area contributed by atoms with Crippen LogP contribution in [0.15, 0.2) is 18.2 Å². The second kappa shape index (κ2) is 6.15. The summed E-state index contributed by atoms with van der Waals surface area (Å²) in [6, 6.07) is 8.76. The number of nitrogens with zero attached hydrogens (tertiary/aromatic N) is 2. The standard InChI is InChI=1S/C14H21N3/c1-5-12(8-9-15)16-13-7-6-11(2)14(10-13)17(3)4/h6-7,10,12,16H,5,8H2,1-4H3. The zero-order chi connectivity index (χ0) is 12.8. The zero-order valence-electron chi connectivity index (χ0n) is 11.1. The smallest absolute Gasteiger partial charge is 0.0643 e. The van der Waals surface area contributed by atoms with Crippen molar-refractivity contribution < 1.29 is 0 Å². The predicted molar refractivity (Wildman–Crippen MR) is 73.4 cm³/mol. The summed E-state index contributed by atoms with van der Waals surface area (Å²) in [5, 5.41) is 12.1. The first-order chi connectivity index (χ1) is 8.08. The molecule has 0 fully saturated rings. The summed E-state index contributed by atoms with van der Waals surface area (Å²) >= 11 is 0. The Morgan fingerprint density at radius 2 is 2.12 bits per heavy atom. The van der Waals surface area contributed by atoms with Gasteiger partial charge >= 0.3 is 0 Å². The predicted octanol–water partition coefficient (Wildman–Crippen LogP) is 3.17. The first kappa shape index (κ1) is 13.4. The molecule has 17 heavy (non-hydrogen) atoms. The molecule has 0 aliphatic rings. The molecule has 1 rings (SSSR count). The van der Waals surface area contributed by atoms with Crippen LogP contribution in [0.25, 0.3) is 0 Å². The minimum atomic E-state index is 0.234. The molecule has 0 amide bonds. The average molecular weight is 231 g/mol. The molecule has 0 bridgehead atoms. The van der Waals surface area contributed by atoms with Crippen LogP contribution in [0.2, 0.25) is 0 Å². The average Bonchev–Trinajstić information content (AvgIpc) is 2.30. The number of hydrogen-bond donors (Lipinski definition) is 1. The number of nitriles is 1. The van der Waals surface area contributed by atoms with E-state index in [1.165, 1.54) is 11.3 Å². The highest BCUT2D eigenvalue weighted by atomic mass is 15.1. The number of aryl methyl sites for hydroxylation is 1. The second-order valence-electron chi connectivity index (χ2n) is 4.51. The maximum Gasteiger partial charge on any atom is 0.0643 e. The van der Waals surface area contributed by atoms with Crippen molar-refractivity contribution >= 4 is 11.4 Å². The Kier molecular flexibility index (Phi) is 4.84. The van der Waals surface area contributed by atoms with Gasteiger partial charge < -0.3 is 10.2 Å². The molecule has 1 aromatic rings. The highest BCUT2D eigenvalue weighted by Gasteiger charge is 2.07. The molecular formula is C14H21N3. The molecule has 0 radical (unpaired) electrons. The molecule has 3 nitrogen and oxygen atoms in total. The van der Waals surface area contributed by atoms with E-state index < -0.39 is 0 Å². The van der Waals surface area contributed by atoms with E-state index in [1.807, 2.05) is 14.1 Å². The van der Waals surface area contributed by atoms with Crippen molar-refractivity contribution in [2.45, 2.75) is 32.7 Å². The van der Waals surface area contributed by atoms with Crippen molar-refractivity contribution in [2.24, 2.45) is 0 Å². The molecule has 0 aliphatic carbocycles. The van der Waals surface area contributed by atoms with Gasteiger partial charge in [0.1, 0.15) is 0 Å². The van der Waals surface area contributed by atoms with Gasteiger partial charge in [0.2, 0.25) is 0 Å². The third-order valence-corrected chi connectivity index (χ3v) is 2.89. The van der Waals surface area contributed by atoms with Gasteiger partial charge in [0, 0.05) is 31.5 Å². The highest BCUT2D eigenvalue weighted by Crippen LogP contribution is 2.23. The van der Waals surface area contributed by atoms with Gasteiger partial charge in [-0.15, -0.1) is 0 Å². The normalized spacial score (nSPS) is 11.7. The van der Waals surface area contributed by atoms with Crippen LogP contribution in [-0.2, 0) is 0 Å². The summed E-state index contributed by atoms with van der Waals surface area (Å²) in [6.07, 6.45) is 1.50. The Morgan fingerprint density at radius 1 is 1.41 bits per heavy atom. The molecular weight excluding hydrogens is 210 g/mol. The molecule has 1 atom stereocenters. The van der Waals surface area contributed by atoms with Crippen LogP contribution < -0.4 is 10.2 Å². The third-order valence-electron chi connectivity index (χ3n) is 2.89. The molecule has 0 heterocycles. The minimum Gasteiger partial charge on any atom is -0.381 e. The summed E-state index contributed by atoms with van der Waals surface area (Å²) in [5.41, 5.74) is 3.55. The van der Waals surface area contributed by atoms with Crippen LogP contribution in [-0.4, -0.2) is 20.1 Å². The van der Waals surface area contributed by atoms with Crippen molar-refractivity contribution in [1.29, 1.82) is 5.26 Å². The molecule has 3 heteroatoms. The van der Waals surface area contributed by atoms with Crippen molar-refractivity contribution in [2.75, 3.05) is 24.3 Å². The largest absolute Gasteiger partial charge is 0.381 e. The van der Waals surface area contributed by atoms with Gasteiger partial charge in [-0.25, -0.2) is 0 Å². The molecule has 92 valence electrons. The Balaban J connectivity index is 2.85. The first-order valence-electron chi connectivity index (χ1n) is 6.00. The fraction of sp³-hybridized carbons (Fsp3) is 0.500. The molecule has 1 unspecified atom stereocenters. The second-order valence-corrected chi connectivity index (χ2v) is 4.51. The fourth-order valence-corrected chi connectivity index (χ4v) is 1.82. The Bertz CT molecular complexity index is 404. The fourth-order valence-electron chi connectivity index (χ4n) is 1.82. The number of rotatable bonds is 5. The van der Waals surface area contributed by atoms with E-state index in [4.69, 9.17) is 5.26 Å². The quantitative estimate of drug-likeness (QED) is 0.846. The van der Waals surface area contributed by atoms with E-state index in [1.54, 1.807) is 0 Å². The molecule has 0 spiro atoms. The summed E-state index contributed by atoms with van der Waals surface area (Å²) < 4.78 is 0. The molecule has 1 aromatic carbocycles. The van der Waals surface area contributed by atoms with E-state index in [0.29, 0.717) is 6.42 Å². The Morgan fingerprint density at radius 3 is 2.65 bits per heavy atom. The van der Waals surface area contributed by atoms with Crippen LogP contribution in [0.4, 0.5) is 11.4 Å². The van der Waals surface area contributed by atoms with Gasteiger partial charge in [0.25, 0.3) is 0 Å². The molecule has 1 N–H and O–H groups in total. The maximum absolute atomic E-state index is 8.73. The summed E-state index contributed by atoms with van der Waals surface area (Å²) in [4.78, 5) is 2.10.